The fraction of sp³-hybridized carbons (Fsp3) is 0. The molecule has 142 valence electrons. The van der Waals surface area contributed by atoms with Gasteiger partial charge in [0.05, 0.1) is 5.69 Å². The van der Waals surface area contributed by atoms with Crippen LogP contribution in [0.3, 0.4) is 0 Å². The maximum atomic E-state index is 6.06. The molecule has 4 aromatic carbocycles. The maximum absolute atomic E-state index is 6.06. The second-order valence-corrected chi connectivity index (χ2v) is 7.25. The fourth-order valence-electron chi connectivity index (χ4n) is 3.93. The minimum absolute atomic E-state index is 0.576. The van der Waals surface area contributed by atoms with Gasteiger partial charge < -0.3 is 9.15 Å². The first-order valence-electron chi connectivity index (χ1n) is 9.89. The van der Waals surface area contributed by atoms with Gasteiger partial charge >= 0.3 is 0 Å². The Morgan fingerprint density at radius 3 is 2.23 bits per heavy atom. The number of hydrogen-bond donors (Lipinski definition) is 0. The molecule has 0 saturated carbocycles. The quantitative estimate of drug-likeness (QED) is 0.314. The Morgan fingerprint density at radius 1 is 0.600 bits per heavy atom. The average Bonchev–Trinajstić information content (AvgIpc) is 3.17. The standard InChI is InChI=1S/C27H17NO2/c1-2-9-20(10-3-1)29-26-17-18-8-4-5-11-21(18)27(28-26)19-14-15-25-23(16-19)22-12-6-7-13-24(22)30-25/h1-17H. The Labute approximate surface area is 173 Å². The van der Waals surface area contributed by atoms with Gasteiger partial charge in [-0.05, 0) is 41.8 Å². The normalized spacial score (nSPS) is 11.3. The number of pyridine rings is 1. The summed E-state index contributed by atoms with van der Waals surface area (Å²) in [5.74, 6) is 1.34. The SMILES string of the molecule is c1ccc(Oc2cc3ccccc3c(-c3ccc4oc5ccccc5c4c3)n2)cc1. The van der Waals surface area contributed by atoms with E-state index >= 15 is 0 Å². The second kappa shape index (κ2) is 6.75. The van der Waals surface area contributed by atoms with E-state index in [-0.39, 0.29) is 0 Å². The molecular weight excluding hydrogens is 370 g/mol. The van der Waals surface area contributed by atoms with Crippen LogP contribution in [0, 0.1) is 0 Å². The number of benzene rings is 4. The number of para-hydroxylation sites is 2. The van der Waals surface area contributed by atoms with Gasteiger partial charge in [0.2, 0.25) is 5.88 Å². The van der Waals surface area contributed by atoms with Crippen LogP contribution in [0.4, 0.5) is 0 Å². The molecule has 0 aliphatic carbocycles. The van der Waals surface area contributed by atoms with Crippen LogP contribution in [0.15, 0.2) is 108 Å². The minimum atomic E-state index is 0.576. The van der Waals surface area contributed by atoms with Crippen molar-refractivity contribution in [1.29, 1.82) is 0 Å². The highest BCUT2D eigenvalue weighted by atomic mass is 16.5. The van der Waals surface area contributed by atoms with Crippen molar-refractivity contribution in [2.45, 2.75) is 0 Å². The Morgan fingerprint density at radius 2 is 1.33 bits per heavy atom. The number of hydrogen-bond acceptors (Lipinski definition) is 3. The van der Waals surface area contributed by atoms with Gasteiger partial charge in [-0.1, -0.05) is 60.7 Å². The first-order valence-corrected chi connectivity index (χ1v) is 9.89. The molecule has 0 amide bonds. The molecule has 0 spiro atoms. The van der Waals surface area contributed by atoms with Gasteiger partial charge in [-0.2, -0.15) is 0 Å². The van der Waals surface area contributed by atoms with Crippen LogP contribution < -0.4 is 4.74 Å². The molecule has 2 aromatic heterocycles. The number of fused-ring (bicyclic) bond motifs is 4. The zero-order valence-electron chi connectivity index (χ0n) is 16.1. The molecule has 0 unspecified atom stereocenters. The van der Waals surface area contributed by atoms with Gasteiger partial charge in [0.1, 0.15) is 16.9 Å². The monoisotopic (exact) mass is 387 g/mol. The molecule has 6 aromatic rings. The van der Waals surface area contributed by atoms with Gasteiger partial charge in [0, 0.05) is 27.8 Å². The van der Waals surface area contributed by atoms with Gasteiger partial charge in [-0.3, -0.25) is 0 Å². The number of furan rings is 1. The van der Waals surface area contributed by atoms with Crippen LogP contribution in [0.1, 0.15) is 0 Å². The van der Waals surface area contributed by atoms with Crippen molar-refractivity contribution in [2.75, 3.05) is 0 Å². The summed E-state index contributed by atoms with van der Waals surface area (Å²) in [6.07, 6.45) is 0. The number of aromatic nitrogens is 1. The third-order valence-corrected chi connectivity index (χ3v) is 5.33. The van der Waals surface area contributed by atoms with E-state index in [9.17, 15) is 0 Å². The highest BCUT2D eigenvalue weighted by molar-refractivity contribution is 6.07. The Bertz CT molecular complexity index is 1520. The lowest BCUT2D eigenvalue weighted by molar-refractivity contribution is 0.464. The highest BCUT2D eigenvalue weighted by Gasteiger charge is 2.13. The third kappa shape index (κ3) is 2.80. The van der Waals surface area contributed by atoms with Gasteiger partial charge in [-0.25, -0.2) is 4.98 Å². The average molecular weight is 387 g/mol. The molecule has 3 nitrogen and oxygen atoms in total. The summed E-state index contributed by atoms with van der Waals surface area (Å²) in [5.41, 5.74) is 3.69. The molecule has 0 radical (unpaired) electrons. The molecule has 0 atom stereocenters. The smallest absolute Gasteiger partial charge is 0.220 e. The molecule has 0 fully saturated rings. The minimum Gasteiger partial charge on any atom is -0.456 e. The first-order chi connectivity index (χ1) is 14.8. The van der Waals surface area contributed by atoms with E-state index in [4.69, 9.17) is 14.1 Å². The molecule has 2 heterocycles. The van der Waals surface area contributed by atoms with E-state index in [0.717, 1.165) is 49.7 Å². The Hall–Kier alpha value is -4.11. The van der Waals surface area contributed by atoms with E-state index in [2.05, 4.69) is 30.3 Å². The van der Waals surface area contributed by atoms with Crippen LogP contribution in [-0.4, -0.2) is 4.98 Å². The lowest BCUT2D eigenvalue weighted by atomic mass is 10.0. The van der Waals surface area contributed by atoms with E-state index in [1.165, 1.54) is 0 Å². The summed E-state index contributed by atoms with van der Waals surface area (Å²) in [7, 11) is 0. The molecule has 0 aliphatic rings. The largest absolute Gasteiger partial charge is 0.456 e. The lowest BCUT2D eigenvalue weighted by Crippen LogP contribution is -1.92. The molecule has 6 rings (SSSR count). The third-order valence-electron chi connectivity index (χ3n) is 5.33. The maximum Gasteiger partial charge on any atom is 0.220 e. The second-order valence-electron chi connectivity index (χ2n) is 7.25. The lowest BCUT2D eigenvalue weighted by Gasteiger charge is -2.11. The molecule has 0 saturated heterocycles. The Kier molecular flexibility index (Phi) is 3.78. The number of ether oxygens (including phenoxy) is 1. The molecule has 0 bridgehead atoms. The summed E-state index contributed by atoms with van der Waals surface area (Å²) in [6, 6.07) is 34.3. The predicted octanol–water partition coefficient (Wildman–Crippen LogP) is 7.59. The van der Waals surface area contributed by atoms with Crippen molar-refractivity contribution in [3.8, 4) is 22.9 Å². The highest BCUT2D eigenvalue weighted by Crippen LogP contribution is 2.36. The van der Waals surface area contributed by atoms with Crippen molar-refractivity contribution in [3.63, 3.8) is 0 Å². The van der Waals surface area contributed by atoms with Crippen molar-refractivity contribution in [2.24, 2.45) is 0 Å². The molecule has 0 aliphatic heterocycles. The van der Waals surface area contributed by atoms with Crippen LogP contribution in [0.5, 0.6) is 11.6 Å². The molecule has 0 N–H and O–H groups in total. The molecule has 3 heteroatoms. The summed E-state index contributed by atoms with van der Waals surface area (Å²) < 4.78 is 12.1. The topological polar surface area (TPSA) is 35.3 Å². The summed E-state index contributed by atoms with van der Waals surface area (Å²) in [5, 5.41) is 4.37. The van der Waals surface area contributed by atoms with Gasteiger partial charge in [-0.15, -0.1) is 0 Å². The van der Waals surface area contributed by atoms with Crippen molar-refractivity contribution in [3.05, 3.63) is 103 Å². The van der Waals surface area contributed by atoms with Crippen LogP contribution in [-0.2, 0) is 0 Å². The zero-order chi connectivity index (χ0) is 19.9. The van der Waals surface area contributed by atoms with E-state index in [1.807, 2.05) is 72.8 Å². The van der Waals surface area contributed by atoms with E-state index in [1.54, 1.807) is 0 Å². The van der Waals surface area contributed by atoms with Crippen LogP contribution >= 0.6 is 0 Å². The van der Waals surface area contributed by atoms with Crippen molar-refractivity contribution < 1.29 is 9.15 Å². The number of rotatable bonds is 3. The first kappa shape index (κ1) is 16.8. The Balaban J connectivity index is 1.56. The summed E-state index contributed by atoms with van der Waals surface area (Å²) in [6.45, 7) is 0. The zero-order valence-corrected chi connectivity index (χ0v) is 16.1. The predicted molar refractivity (Wildman–Crippen MR) is 121 cm³/mol. The van der Waals surface area contributed by atoms with E-state index < -0.39 is 0 Å². The van der Waals surface area contributed by atoms with E-state index in [0.29, 0.717) is 5.88 Å². The van der Waals surface area contributed by atoms with Crippen LogP contribution in [0.25, 0.3) is 44.0 Å². The molecular formula is C27H17NO2. The molecule has 30 heavy (non-hydrogen) atoms. The van der Waals surface area contributed by atoms with Crippen molar-refractivity contribution >= 4 is 32.7 Å². The van der Waals surface area contributed by atoms with Gasteiger partial charge in [0.15, 0.2) is 0 Å². The summed E-state index contributed by atoms with van der Waals surface area (Å²) >= 11 is 0. The summed E-state index contributed by atoms with van der Waals surface area (Å²) in [4.78, 5) is 4.88. The van der Waals surface area contributed by atoms with Gasteiger partial charge in [0.25, 0.3) is 0 Å². The number of nitrogens with zero attached hydrogens (tertiary/aromatic N) is 1. The van der Waals surface area contributed by atoms with Crippen LogP contribution in [0.2, 0.25) is 0 Å². The van der Waals surface area contributed by atoms with Crippen molar-refractivity contribution in [1.82, 2.24) is 4.98 Å². The fourth-order valence-corrected chi connectivity index (χ4v) is 3.93.